The molecule has 1 fully saturated rings. The second-order valence-electron chi connectivity index (χ2n) is 7.72. The molecule has 2 unspecified atom stereocenters. The van der Waals surface area contributed by atoms with E-state index in [-0.39, 0.29) is 0 Å². The van der Waals surface area contributed by atoms with Gasteiger partial charge in [-0.2, -0.15) is 0 Å². The van der Waals surface area contributed by atoms with Crippen molar-refractivity contribution in [2.75, 3.05) is 39.4 Å². The zero-order chi connectivity index (χ0) is 19.9. The third kappa shape index (κ3) is 5.06. The SMILES string of the molecule is CCNC(=NCC(C)N1CCOCC1C)NCCc1c[nH]c2cccc(C)c12. The molecule has 1 aliphatic heterocycles. The fourth-order valence-corrected chi connectivity index (χ4v) is 4.03. The Morgan fingerprint density at radius 2 is 2.25 bits per heavy atom. The first kappa shape index (κ1) is 20.7. The van der Waals surface area contributed by atoms with Crippen LogP contribution in [0.3, 0.4) is 0 Å². The van der Waals surface area contributed by atoms with Gasteiger partial charge in [0.15, 0.2) is 5.96 Å². The quantitative estimate of drug-likeness (QED) is 0.506. The molecule has 1 aliphatic rings. The van der Waals surface area contributed by atoms with E-state index in [1.807, 2.05) is 0 Å². The van der Waals surface area contributed by atoms with Crippen molar-refractivity contribution in [1.29, 1.82) is 0 Å². The molecule has 0 amide bonds. The number of rotatable bonds is 7. The number of nitrogens with one attached hydrogen (secondary N) is 3. The van der Waals surface area contributed by atoms with Gasteiger partial charge in [-0.15, -0.1) is 0 Å². The van der Waals surface area contributed by atoms with Gasteiger partial charge in [0.05, 0.1) is 19.8 Å². The van der Waals surface area contributed by atoms with Gasteiger partial charge in [-0.3, -0.25) is 9.89 Å². The number of benzene rings is 1. The molecule has 2 aromatic rings. The summed E-state index contributed by atoms with van der Waals surface area (Å²) in [5.74, 6) is 0.895. The maximum atomic E-state index is 5.55. The maximum Gasteiger partial charge on any atom is 0.191 e. The van der Waals surface area contributed by atoms with E-state index in [9.17, 15) is 0 Å². The summed E-state index contributed by atoms with van der Waals surface area (Å²) in [6.45, 7) is 13.9. The van der Waals surface area contributed by atoms with Crippen LogP contribution in [0.4, 0.5) is 0 Å². The Balaban J connectivity index is 1.55. The second-order valence-corrected chi connectivity index (χ2v) is 7.72. The molecule has 28 heavy (non-hydrogen) atoms. The minimum atomic E-state index is 0.408. The molecule has 1 saturated heterocycles. The van der Waals surface area contributed by atoms with Gasteiger partial charge < -0.3 is 20.4 Å². The number of nitrogens with zero attached hydrogens (tertiary/aromatic N) is 2. The topological polar surface area (TPSA) is 64.7 Å². The van der Waals surface area contributed by atoms with Gasteiger partial charge in [0.2, 0.25) is 0 Å². The summed E-state index contributed by atoms with van der Waals surface area (Å²) in [6.07, 6.45) is 3.09. The number of fused-ring (bicyclic) bond motifs is 1. The summed E-state index contributed by atoms with van der Waals surface area (Å²) in [7, 11) is 0. The number of guanidine groups is 1. The fraction of sp³-hybridized carbons (Fsp3) is 0.591. The predicted octanol–water partition coefficient (Wildman–Crippen LogP) is 2.68. The van der Waals surface area contributed by atoms with Crippen molar-refractivity contribution in [1.82, 2.24) is 20.5 Å². The van der Waals surface area contributed by atoms with E-state index in [0.29, 0.717) is 12.1 Å². The van der Waals surface area contributed by atoms with Crippen LogP contribution >= 0.6 is 0 Å². The maximum absolute atomic E-state index is 5.55. The van der Waals surface area contributed by atoms with E-state index >= 15 is 0 Å². The highest BCUT2D eigenvalue weighted by atomic mass is 16.5. The van der Waals surface area contributed by atoms with Crippen LogP contribution in [-0.2, 0) is 11.2 Å². The Morgan fingerprint density at radius 3 is 3.04 bits per heavy atom. The number of aromatic nitrogens is 1. The second kappa shape index (κ2) is 9.94. The summed E-state index contributed by atoms with van der Waals surface area (Å²) in [4.78, 5) is 10.7. The molecule has 0 aliphatic carbocycles. The van der Waals surface area contributed by atoms with Crippen molar-refractivity contribution in [3.8, 4) is 0 Å². The van der Waals surface area contributed by atoms with Gasteiger partial charge in [0, 0.05) is 48.8 Å². The molecule has 6 heteroatoms. The first-order valence-corrected chi connectivity index (χ1v) is 10.5. The van der Waals surface area contributed by atoms with E-state index < -0.39 is 0 Å². The average Bonchev–Trinajstić information content (AvgIpc) is 3.11. The van der Waals surface area contributed by atoms with Gasteiger partial charge in [-0.05, 0) is 51.3 Å². The number of hydrogen-bond donors (Lipinski definition) is 3. The first-order chi connectivity index (χ1) is 13.6. The monoisotopic (exact) mass is 385 g/mol. The number of H-pyrrole nitrogens is 1. The smallest absolute Gasteiger partial charge is 0.191 e. The zero-order valence-electron chi connectivity index (χ0n) is 17.7. The van der Waals surface area contributed by atoms with Crippen LogP contribution < -0.4 is 10.6 Å². The van der Waals surface area contributed by atoms with Gasteiger partial charge >= 0.3 is 0 Å². The molecular weight excluding hydrogens is 350 g/mol. The molecule has 3 rings (SSSR count). The fourth-order valence-electron chi connectivity index (χ4n) is 4.03. The number of ether oxygens (including phenoxy) is 1. The van der Waals surface area contributed by atoms with Crippen LogP contribution in [0.2, 0.25) is 0 Å². The Labute approximate surface area is 168 Å². The largest absolute Gasteiger partial charge is 0.379 e. The number of aliphatic imine (C=N–C) groups is 1. The molecule has 3 N–H and O–H groups in total. The van der Waals surface area contributed by atoms with Crippen LogP contribution in [0.25, 0.3) is 10.9 Å². The van der Waals surface area contributed by atoms with Crippen LogP contribution in [-0.4, -0.2) is 67.3 Å². The van der Waals surface area contributed by atoms with Crippen LogP contribution in [0.1, 0.15) is 31.9 Å². The Kier molecular flexibility index (Phi) is 7.34. The highest BCUT2D eigenvalue weighted by Gasteiger charge is 2.23. The van der Waals surface area contributed by atoms with E-state index in [0.717, 1.165) is 51.8 Å². The van der Waals surface area contributed by atoms with Crippen molar-refractivity contribution in [2.45, 2.75) is 46.2 Å². The lowest BCUT2D eigenvalue weighted by Gasteiger charge is -2.37. The highest BCUT2D eigenvalue weighted by Crippen LogP contribution is 2.22. The lowest BCUT2D eigenvalue weighted by molar-refractivity contribution is -0.0165. The molecule has 0 spiro atoms. The lowest BCUT2D eigenvalue weighted by atomic mass is 10.1. The van der Waals surface area contributed by atoms with E-state index in [1.54, 1.807) is 0 Å². The lowest BCUT2D eigenvalue weighted by Crippen LogP contribution is -2.49. The molecule has 1 aromatic carbocycles. The van der Waals surface area contributed by atoms with E-state index in [2.05, 4.69) is 72.6 Å². The predicted molar refractivity (Wildman–Crippen MR) is 117 cm³/mol. The number of aryl methyl sites for hydroxylation is 1. The van der Waals surface area contributed by atoms with Crippen molar-refractivity contribution < 1.29 is 4.74 Å². The standard InChI is InChI=1S/C22H35N5O/c1-5-23-22(26-13-17(3)27-11-12-28-15-18(27)4)24-10-9-19-14-25-20-8-6-7-16(2)21(19)20/h6-8,14,17-18,25H,5,9-13,15H2,1-4H3,(H2,23,24,26). The minimum absolute atomic E-state index is 0.408. The normalized spacial score (nSPS) is 19.7. The Morgan fingerprint density at radius 1 is 1.39 bits per heavy atom. The van der Waals surface area contributed by atoms with Crippen molar-refractivity contribution >= 4 is 16.9 Å². The third-order valence-electron chi connectivity index (χ3n) is 5.53. The summed E-state index contributed by atoms with van der Waals surface area (Å²) in [6, 6.07) is 7.28. The molecule has 2 heterocycles. The molecular formula is C22H35N5O. The van der Waals surface area contributed by atoms with Crippen LogP contribution in [0.5, 0.6) is 0 Å². The number of morpholine rings is 1. The number of hydrogen-bond acceptors (Lipinski definition) is 3. The van der Waals surface area contributed by atoms with Gasteiger partial charge in [0.1, 0.15) is 0 Å². The van der Waals surface area contributed by atoms with Crippen molar-refractivity contribution in [3.05, 3.63) is 35.5 Å². The molecule has 1 aromatic heterocycles. The van der Waals surface area contributed by atoms with Crippen LogP contribution in [0.15, 0.2) is 29.4 Å². The van der Waals surface area contributed by atoms with E-state index in [1.165, 1.54) is 22.0 Å². The summed E-state index contributed by atoms with van der Waals surface area (Å²) in [5.41, 5.74) is 3.89. The first-order valence-electron chi connectivity index (χ1n) is 10.5. The molecule has 0 radical (unpaired) electrons. The Hall–Kier alpha value is -2.05. The van der Waals surface area contributed by atoms with Crippen molar-refractivity contribution in [2.24, 2.45) is 4.99 Å². The van der Waals surface area contributed by atoms with Crippen LogP contribution in [0, 0.1) is 6.92 Å². The molecule has 0 bridgehead atoms. The summed E-state index contributed by atoms with van der Waals surface area (Å²) in [5, 5.41) is 8.21. The van der Waals surface area contributed by atoms with E-state index in [4.69, 9.17) is 9.73 Å². The van der Waals surface area contributed by atoms with Gasteiger partial charge in [-0.1, -0.05) is 12.1 Å². The zero-order valence-corrected chi connectivity index (χ0v) is 17.7. The molecule has 2 atom stereocenters. The third-order valence-corrected chi connectivity index (χ3v) is 5.53. The highest BCUT2D eigenvalue weighted by molar-refractivity contribution is 5.86. The molecule has 6 nitrogen and oxygen atoms in total. The average molecular weight is 386 g/mol. The van der Waals surface area contributed by atoms with Gasteiger partial charge in [-0.25, -0.2) is 0 Å². The number of aromatic amines is 1. The molecule has 0 saturated carbocycles. The summed E-state index contributed by atoms with van der Waals surface area (Å²) < 4.78 is 5.55. The van der Waals surface area contributed by atoms with Gasteiger partial charge in [0.25, 0.3) is 0 Å². The van der Waals surface area contributed by atoms with Crippen molar-refractivity contribution in [3.63, 3.8) is 0 Å². The summed E-state index contributed by atoms with van der Waals surface area (Å²) >= 11 is 0. The molecule has 154 valence electrons. The minimum Gasteiger partial charge on any atom is -0.379 e. The Bertz CT molecular complexity index is 784.